The zero-order valence-electron chi connectivity index (χ0n) is 14.0. The van der Waals surface area contributed by atoms with Crippen LogP contribution in [0.25, 0.3) is 0 Å². The van der Waals surface area contributed by atoms with Gasteiger partial charge in [-0.15, -0.1) is 0 Å². The normalized spacial score (nSPS) is 21.9. The predicted octanol–water partition coefficient (Wildman–Crippen LogP) is 1.11. The van der Waals surface area contributed by atoms with Gasteiger partial charge in [-0.25, -0.2) is 18.1 Å². The van der Waals surface area contributed by atoms with Gasteiger partial charge in [-0.3, -0.25) is 4.79 Å². The Morgan fingerprint density at radius 1 is 1.43 bits per heavy atom. The molecule has 1 saturated heterocycles. The lowest BCUT2D eigenvalue weighted by molar-refractivity contribution is 0.0787. The molecule has 0 bridgehead atoms. The summed E-state index contributed by atoms with van der Waals surface area (Å²) in [5, 5.41) is 0.455. The second-order valence-corrected chi connectivity index (χ2v) is 8.95. The van der Waals surface area contributed by atoms with Gasteiger partial charge in [0.15, 0.2) is 0 Å². The van der Waals surface area contributed by atoms with Crippen molar-refractivity contribution in [3.8, 4) is 5.19 Å². The maximum absolute atomic E-state index is 12.7. The molecular formula is C14H23N3O4S2. The molecule has 1 aromatic heterocycles. The molecular weight excluding hydrogens is 338 g/mol. The number of aryl methyl sites for hydroxylation is 1. The Kier molecular flexibility index (Phi) is 5.32. The number of methoxy groups -OCH3 is 1. The van der Waals surface area contributed by atoms with Gasteiger partial charge in [0.25, 0.3) is 11.1 Å². The van der Waals surface area contributed by atoms with E-state index in [4.69, 9.17) is 4.74 Å². The summed E-state index contributed by atoms with van der Waals surface area (Å²) in [6, 6.07) is -0.260. The molecule has 9 heteroatoms. The van der Waals surface area contributed by atoms with E-state index in [0.29, 0.717) is 28.9 Å². The fraction of sp³-hybridized carbons (Fsp3) is 0.714. The standard InChI is InChI=1S/C14H23N3O4S2/c1-8(2)10-6-17(7-11(10)16-23(5,19)20)13(18)12-9(3)15-14(21-4)22-12/h8,10-11,16H,6-7H2,1-5H3/t10-,11+/m1/s1. The van der Waals surface area contributed by atoms with Crippen molar-refractivity contribution in [3.63, 3.8) is 0 Å². The van der Waals surface area contributed by atoms with Gasteiger partial charge >= 0.3 is 0 Å². The van der Waals surface area contributed by atoms with E-state index in [-0.39, 0.29) is 23.8 Å². The smallest absolute Gasteiger partial charge is 0.273 e. The van der Waals surface area contributed by atoms with Crippen LogP contribution in [0.5, 0.6) is 5.19 Å². The van der Waals surface area contributed by atoms with Crippen LogP contribution >= 0.6 is 11.3 Å². The molecule has 1 N–H and O–H groups in total. The number of thiazole rings is 1. The lowest BCUT2D eigenvalue weighted by Gasteiger charge is -2.21. The molecule has 0 aromatic carbocycles. The molecule has 7 nitrogen and oxygen atoms in total. The lowest BCUT2D eigenvalue weighted by Crippen LogP contribution is -2.41. The van der Waals surface area contributed by atoms with Gasteiger partial charge in [-0.05, 0) is 18.8 Å². The fourth-order valence-corrected chi connectivity index (χ4v) is 4.52. The van der Waals surface area contributed by atoms with Gasteiger partial charge in [0.05, 0.1) is 19.1 Å². The topological polar surface area (TPSA) is 88.6 Å². The van der Waals surface area contributed by atoms with Crippen molar-refractivity contribution in [2.24, 2.45) is 11.8 Å². The van der Waals surface area contributed by atoms with E-state index >= 15 is 0 Å². The minimum atomic E-state index is -3.31. The highest BCUT2D eigenvalue weighted by molar-refractivity contribution is 7.88. The number of sulfonamides is 1. The van der Waals surface area contributed by atoms with Gasteiger partial charge < -0.3 is 9.64 Å². The SMILES string of the molecule is COc1nc(C)c(C(=O)N2C[C@H](NS(C)(=O)=O)[C@@H](C(C)C)C2)s1. The van der Waals surface area contributed by atoms with Crippen LogP contribution in [0.1, 0.15) is 29.2 Å². The van der Waals surface area contributed by atoms with Crippen LogP contribution in [0.4, 0.5) is 0 Å². The molecule has 1 aliphatic heterocycles. The number of ether oxygens (including phenoxy) is 1. The minimum absolute atomic E-state index is 0.0869. The molecule has 0 spiro atoms. The van der Waals surface area contributed by atoms with Crippen molar-refractivity contribution in [1.82, 2.24) is 14.6 Å². The van der Waals surface area contributed by atoms with E-state index in [2.05, 4.69) is 9.71 Å². The Hall–Kier alpha value is -1.19. The molecule has 1 aromatic rings. The van der Waals surface area contributed by atoms with Crippen LogP contribution < -0.4 is 9.46 Å². The van der Waals surface area contributed by atoms with Crippen molar-refractivity contribution in [1.29, 1.82) is 0 Å². The van der Waals surface area contributed by atoms with Crippen molar-refractivity contribution < 1.29 is 17.9 Å². The lowest BCUT2D eigenvalue weighted by atomic mass is 9.92. The van der Waals surface area contributed by atoms with E-state index in [1.54, 1.807) is 11.8 Å². The predicted molar refractivity (Wildman–Crippen MR) is 89.4 cm³/mol. The highest BCUT2D eigenvalue weighted by Gasteiger charge is 2.39. The van der Waals surface area contributed by atoms with E-state index in [0.717, 1.165) is 6.26 Å². The summed E-state index contributed by atoms with van der Waals surface area (Å²) < 4.78 is 30.9. The monoisotopic (exact) mass is 361 g/mol. The van der Waals surface area contributed by atoms with Crippen LogP contribution in [0, 0.1) is 18.8 Å². The number of carbonyl (C=O) groups excluding carboxylic acids is 1. The van der Waals surface area contributed by atoms with Gasteiger partial charge in [0, 0.05) is 19.1 Å². The molecule has 2 atom stereocenters. The van der Waals surface area contributed by atoms with E-state index < -0.39 is 10.0 Å². The average molecular weight is 361 g/mol. The quantitative estimate of drug-likeness (QED) is 0.848. The highest BCUT2D eigenvalue weighted by Crippen LogP contribution is 2.30. The molecule has 0 saturated carbocycles. The molecule has 1 fully saturated rings. The molecule has 2 rings (SSSR count). The second kappa shape index (κ2) is 6.74. The summed E-state index contributed by atoms with van der Waals surface area (Å²) in [7, 11) is -1.80. The zero-order chi connectivity index (χ0) is 17.4. The van der Waals surface area contributed by atoms with Crippen LogP contribution in [0.3, 0.4) is 0 Å². The Labute approximate surface area is 141 Å². The number of likely N-dealkylation sites (tertiary alicyclic amines) is 1. The molecule has 2 heterocycles. The fourth-order valence-electron chi connectivity index (χ4n) is 2.87. The van der Waals surface area contributed by atoms with E-state index in [1.807, 2.05) is 13.8 Å². The first-order valence-electron chi connectivity index (χ1n) is 7.40. The molecule has 130 valence electrons. The average Bonchev–Trinajstić information content (AvgIpc) is 3.00. The number of hydrogen-bond acceptors (Lipinski definition) is 6. The molecule has 1 amide bonds. The number of hydrogen-bond donors (Lipinski definition) is 1. The summed E-state index contributed by atoms with van der Waals surface area (Å²) in [6.45, 7) is 6.75. The van der Waals surface area contributed by atoms with Crippen molar-refractivity contribution in [3.05, 3.63) is 10.6 Å². The molecule has 0 radical (unpaired) electrons. The van der Waals surface area contributed by atoms with Crippen molar-refractivity contribution in [2.45, 2.75) is 26.8 Å². The maximum Gasteiger partial charge on any atom is 0.273 e. The summed E-state index contributed by atoms with van der Waals surface area (Å²) >= 11 is 1.22. The summed E-state index contributed by atoms with van der Waals surface area (Å²) in [5.41, 5.74) is 0.637. The van der Waals surface area contributed by atoms with Crippen molar-refractivity contribution >= 4 is 27.3 Å². The van der Waals surface area contributed by atoms with Gasteiger partial charge in [-0.2, -0.15) is 0 Å². The van der Waals surface area contributed by atoms with Crippen LogP contribution in [-0.4, -0.2) is 56.7 Å². The van der Waals surface area contributed by atoms with E-state index in [1.165, 1.54) is 18.4 Å². The summed E-state index contributed by atoms with van der Waals surface area (Å²) in [5.74, 6) is 0.236. The second-order valence-electron chi connectivity index (χ2n) is 6.21. The Balaban J connectivity index is 2.20. The Morgan fingerprint density at radius 3 is 2.57 bits per heavy atom. The first-order chi connectivity index (χ1) is 10.6. The third-order valence-corrected chi connectivity index (χ3v) is 5.86. The van der Waals surface area contributed by atoms with E-state index in [9.17, 15) is 13.2 Å². The number of nitrogens with one attached hydrogen (secondary N) is 1. The van der Waals surface area contributed by atoms with Gasteiger partial charge in [0.2, 0.25) is 10.0 Å². The number of rotatable bonds is 5. The number of aromatic nitrogens is 1. The third kappa shape index (κ3) is 4.21. The molecule has 0 unspecified atom stereocenters. The van der Waals surface area contributed by atoms with Crippen LogP contribution in [0.15, 0.2) is 0 Å². The first-order valence-corrected chi connectivity index (χ1v) is 10.1. The zero-order valence-corrected chi connectivity index (χ0v) is 15.6. The largest absolute Gasteiger partial charge is 0.473 e. The van der Waals surface area contributed by atoms with Crippen LogP contribution in [-0.2, 0) is 10.0 Å². The Bertz CT molecular complexity index is 684. The Morgan fingerprint density at radius 2 is 2.09 bits per heavy atom. The maximum atomic E-state index is 12.7. The van der Waals surface area contributed by atoms with Crippen molar-refractivity contribution in [2.75, 3.05) is 26.5 Å². The number of carbonyl (C=O) groups is 1. The highest BCUT2D eigenvalue weighted by atomic mass is 32.2. The third-order valence-electron chi connectivity index (χ3n) is 4.02. The molecule has 1 aliphatic rings. The molecule has 23 heavy (non-hydrogen) atoms. The number of amides is 1. The minimum Gasteiger partial charge on any atom is -0.473 e. The first kappa shape index (κ1) is 18.2. The molecule has 0 aliphatic carbocycles. The van der Waals surface area contributed by atoms with Gasteiger partial charge in [0.1, 0.15) is 4.88 Å². The number of nitrogens with zero attached hydrogens (tertiary/aromatic N) is 2. The summed E-state index contributed by atoms with van der Waals surface area (Å²) in [6.07, 6.45) is 1.15. The van der Waals surface area contributed by atoms with Gasteiger partial charge in [-0.1, -0.05) is 25.2 Å². The van der Waals surface area contributed by atoms with Crippen LogP contribution in [0.2, 0.25) is 0 Å². The summed E-state index contributed by atoms with van der Waals surface area (Å²) in [4.78, 5) is 19.2.